The third-order valence-electron chi connectivity index (χ3n) is 2.80. The summed E-state index contributed by atoms with van der Waals surface area (Å²) in [5.74, 6) is -0.0782. The van der Waals surface area contributed by atoms with Crippen LogP contribution >= 0.6 is 0 Å². The lowest BCUT2D eigenvalue weighted by molar-refractivity contribution is 0.0751. The zero-order valence-corrected chi connectivity index (χ0v) is 10.8. The van der Waals surface area contributed by atoms with Crippen molar-refractivity contribution in [1.29, 1.82) is 0 Å². The second kappa shape index (κ2) is 5.95. The van der Waals surface area contributed by atoms with Gasteiger partial charge in [0.25, 0.3) is 5.91 Å². The Bertz CT molecular complexity index is 556. The first-order chi connectivity index (χ1) is 9.20. The van der Waals surface area contributed by atoms with Gasteiger partial charge in [0, 0.05) is 31.2 Å². The first kappa shape index (κ1) is 13.0. The molecule has 0 spiro atoms. The van der Waals surface area contributed by atoms with Crippen LogP contribution in [0.2, 0.25) is 0 Å². The first-order valence-electron chi connectivity index (χ1n) is 6.09. The number of rotatable bonds is 4. The normalized spacial score (nSPS) is 10.2. The maximum absolute atomic E-state index is 12.3. The Balaban J connectivity index is 2.15. The van der Waals surface area contributed by atoms with E-state index in [1.807, 2.05) is 31.2 Å². The van der Waals surface area contributed by atoms with Crippen molar-refractivity contribution in [2.24, 2.45) is 0 Å². The summed E-state index contributed by atoms with van der Waals surface area (Å²) < 4.78 is 0. The van der Waals surface area contributed by atoms with Gasteiger partial charge in [-0.1, -0.05) is 12.1 Å². The number of aromatic nitrogens is 2. The second-order valence-corrected chi connectivity index (χ2v) is 4.19. The topological polar surface area (TPSA) is 72.1 Å². The highest BCUT2D eigenvalue weighted by Gasteiger charge is 2.14. The van der Waals surface area contributed by atoms with E-state index in [0.717, 1.165) is 5.56 Å². The molecule has 98 valence electrons. The molecule has 0 aliphatic carbocycles. The molecular formula is C14H16N4O. The van der Waals surface area contributed by atoms with Gasteiger partial charge in [-0.25, -0.2) is 9.97 Å². The number of amides is 1. The van der Waals surface area contributed by atoms with E-state index in [4.69, 9.17) is 5.73 Å². The highest BCUT2D eigenvalue weighted by molar-refractivity contribution is 5.93. The van der Waals surface area contributed by atoms with Crippen molar-refractivity contribution >= 4 is 11.6 Å². The molecule has 2 aromatic rings. The van der Waals surface area contributed by atoms with Crippen LogP contribution in [0.4, 0.5) is 5.69 Å². The molecule has 1 amide bonds. The lowest BCUT2D eigenvalue weighted by atomic mass is 10.2. The Morgan fingerprint density at radius 3 is 2.68 bits per heavy atom. The smallest absolute Gasteiger partial charge is 0.257 e. The molecule has 0 saturated heterocycles. The lowest BCUT2D eigenvalue weighted by Crippen LogP contribution is -2.30. The monoisotopic (exact) mass is 256 g/mol. The van der Waals surface area contributed by atoms with E-state index in [0.29, 0.717) is 24.3 Å². The van der Waals surface area contributed by atoms with Gasteiger partial charge in [0.2, 0.25) is 0 Å². The largest absolute Gasteiger partial charge is 0.399 e. The Labute approximate surface area is 112 Å². The number of hydrogen-bond donors (Lipinski definition) is 1. The van der Waals surface area contributed by atoms with E-state index in [9.17, 15) is 4.79 Å². The third kappa shape index (κ3) is 3.28. The van der Waals surface area contributed by atoms with Gasteiger partial charge in [0.15, 0.2) is 0 Å². The average molecular weight is 256 g/mol. The van der Waals surface area contributed by atoms with E-state index in [1.165, 1.54) is 18.7 Å². The highest BCUT2D eigenvalue weighted by atomic mass is 16.2. The summed E-state index contributed by atoms with van der Waals surface area (Å²) in [4.78, 5) is 21.7. The van der Waals surface area contributed by atoms with Gasteiger partial charge in [-0.3, -0.25) is 4.79 Å². The maximum Gasteiger partial charge on any atom is 0.257 e. The third-order valence-corrected chi connectivity index (χ3v) is 2.80. The Hall–Kier alpha value is -2.43. The average Bonchev–Trinajstić information content (AvgIpc) is 2.45. The molecule has 5 nitrogen and oxygen atoms in total. The predicted octanol–water partition coefficient (Wildman–Crippen LogP) is 1.72. The minimum atomic E-state index is -0.0782. The zero-order valence-electron chi connectivity index (χ0n) is 10.8. The summed E-state index contributed by atoms with van der Waals surface area (Å²) in [6.07, 6.45) is 4.46. The summed E-state index contributed by atoms with van der Waals surface area (Å²) in [7, 11) is 0. The van der Waals surface area contributed by atoms with Crippen LogP contribution < -0.4 is 5.73 Å². The molecule has 19 heavy (non-hydrogen) atoms. The predicted molar refractivity (Wildman–Crippen MR) is 73.3 cm³/mol. The second-order valence-electron chi connectivity index (χ2n) is 4.19. The number of carbonyl (C=O) groups excluding carboxylic acids is 1. The highest BCUT2D eigenvalue weighted by Crippen LogP contribution is 2.11. The molecule has 1 aromatic carbocycles. The molecule has 0 aliphatic heterocycles. The molecule has 2 rings (SSSR count). The van der Waals surface area contributed by atoms with Crippen molar-refractivity contribution in [3.8, 4) is 0 Å². The molecule has 0 fully saturated rings. The van der Waals surface area contributed by atoms with Gasteiger partial charge < -0.3 is 10.6 Å². The van der Waals surface area contributed by atoms with Gasteiger partial charge in [0.1, 0.15) is 6.33 Å². The van der Waals surface area contributed by atoms with E-state index >= 15 is 0 Å². The molecule has 0 radical (unpaired) electrons. The Kier molecular flexibility index (Phi) is 4.07. The van der Waals surface area contributed by atoms with Crippen molar-refractivity contribution in [2.45, 2.75) is 13.5 Å². The summed E-state index contributed by atoms with van der Waals surface area (Å²) in [5, 5.41) is 0. The van der Waals surface area contributed by atoms with Gasteiger partial charge in [-0.05, 0) is 24.6 Å². The number of nitrogens with zero attached hydrogens (tertiary/aromatic N) is 3. The van der Waals surface area contributed by atoms with Crippen LogP contribution in [0.15, 0.2) is 43.0 Å². The minimum Gasteiger partial charge on any atom is -0.399 e. The number of carbonyl (C=O) groups is 1. The summed E-state index contributed by atoms with van der Waals surface area (Å²) in [6, 6.07) is 7.53. The number of anilines is 1. The molecule has 1 aromatic heterocycles. The Morgan fingerprint density at radius 2 is 2.05 bits per heavy atom. The minimum absolute atomic E-state index is 0.0782. The molecule has 0 unspecified atom stereocenters. The molecule has 0 aliphatic rings. The fourth-order valence-electron chi connectivity index (χ4n) is 1.83. The Morgan fingerprint density at radius 1 is 1.32 bits per heavy atom. The molecule has 1 heterocycles. The molecule has 2 N–H and O–H groups in total. The maximum atomic E-state index is 12.3. The molecular weight excluding hydrogens is 240 g/mol. The fourth-order valence-corrected chi connectivity index (χ4v) is 1.83. The summed E-state index contributed by atoms with van der Waals surface area (Å²) in [5.41, 5.74) is 7.94. The summed E-state index contributed by atoms with van der Waals surface area (Å²) >= 11 is 0. The van der Waals surface area contributed by atoms with Crippen molar-refractivity contribution in [3.63, 3.8) is 0 Å². The molecule has 0 atom stereocenters. The van der Waals surface area contributed by atoms with Gasteiger partial charge >= 0.3 is 0 Å². The van der Waals surface area contributed by atoms with Crippen LogP contribution in [-0.2, 0) is 6.54 Å². The van der Waals surface area contributed by atoms with Crippen molar-refractivity contribution in [3.05, 3.63) is 54.1 Å². The van der Waals surface area contributed by atoms with E-state index in [-0.39, 0.29) is 5.91 Å². The van der Waals surface area contributed by atoms with Gasteiger partial charge in [-0.15, -0.1) is 0 Å². The van der Waals surface area contributed by atoms with Crippen molar-refractivity contribution < 1.29 is 4.79 Å². The standard InChI is InChI=1S/C14H16N4O/c1-2-18(9-11-4-3-5-13(15)6-11)14(19)12-7-16-10-17-8-12/h3-8,10H,2,9,15H2,1H3. The van der Waals surface area contributed by atoms with E-state index in [1.54, 1.807) is 4.90 Å². The SMILES string of the molecule is CCN(Cc1cccc(N)c1)C(=O)c1cncnc1. The van der Waals surface area contributed by atoms with Crippen LogP contribution in [0.3, 0.4) is 0 Å². The summed E-state index contributed by atoms with van der Waals surface area (Å²) in [6.45, 7) is 3.08. The van der Waals surface area contributed by atoms with Crippen LogP contribution in [0, 0.1) is 0 Å². The van der Waals surface area contributed by atoms with Gasteiger partial charge in [0.05, 0.1) is 5.56 Å². The van der Waals surface area contributed by atoms with Gasteiger partial charge in [-0.2, -0.15) is 0 Å². The lowest BCUT2D eigenvalue weighted by Gasteiger charge is -2.20. The quantitative estimate of drug-likeness (QED) is 0.845. The number of benzene rings is 1. The molecule has 0 saturated carbocycles. The van der Waals surface area contributed by atoms with Crippen molar-refractivity contribution in [2.75, 3.05) is 12.3 Å². The van der Waals surface area contributed by atoms with Crippen LogP contribution in [0.1, 0.15) is 22.8 Å². The van der Waals surface area contributed by atoms with E-state index in [2.05, 4.69) is 9.97 Å². The number of nitrogens with two attached hydrogens (primary N) is 1. The first-order valence-corrected chi connectivity index (χ1v) is 6.09. The van der Waals surface area contributed by atoms with Crippen LogP contribution in [-0.4, -0.2) is 27.3 Å². The molecule has 5 heteroatoms. The van der Waals surface area contributed by atoms with Crippen LogP contribution in [0.5, 0.6) is 0 Å². The van der Waals surface area contributed by atoms with Crippen molar-refractivity contribution in [1.82, 2.24) is 14.9 Å². The molecule has 0 bridgehead atoms. The zero-order chi connectivity index (χ0) is 13.7. The van der Waals surface area contributed by atoms with Crippen LogP contribution in [0.25, 0.3) is 0 Å². The fraction of sp³-hybridized carbons (Fsp3) is 0.214. The van der Waals surface area contributed by atoms with E-state index < -0.39 is 0 Å². The number of hydrogen-bond acceptors (Lipinski definition) is 4. The number of nitrogen functional groups attached to an aromatic ring is 1.